The second-order valence-corrected chi connectivity index (χ2v) is 5.95. The normalized spacial score (nSPS) is 22.7. The zero-order valence-electron chi connectivity index (χ0n) is 11.6. The van der Waals surface area contributed by atoms with Crippen molar-refractivity contribution in [2.75, 3.05) is 18.0 Å². The molecular weight excluding hydrogens is 236 g/mol. The smallest absolute Gasteiger partial charge is 0.115 e. The van der Waals surface area contributed by atoms with Gasteiger partial charge in [-0.15, -0.1) is 0 Å². The minimum absolute atomic E-state index is 0.374. The molecule has 2 N–H and O–H groups in total. The second-order valence-electron chi connectivity index (χ2n) is 5.95. The molecule has 0 atom stereocenters. The Hall–Kier alpha value is -1.16. The number of aromatic nitrogens is 2. The van der Waals surface area contributed by atoms with Gasteiger partial charge in [0.05, 0.1) is 17.6 Å². The second kappa shape index (κ2) is 5.87. The van der Waals surface area contributed by atoms with Crippen LogP contribution in [0.2, 0.25) is 0 Å². The summed E-state index contributed by atoms with van der Waals surface area (Å²) in [5, 5.41) is 0. The molecule has 1 saturated carbocycles. The molecule has 2 fully saturated rings. The van der Waals surface area contributed by atoms with Crippen molar-refractivity contribution in [1.29, 1.82) is 0 Å². The molecule has 1 aromatic heterocycles. The molecule has 104 valence electrons. The van der Waals surface area contributed by atoms with Crippen LogP contribution in [0.1, 0.15) is 56.6 Å². The lowest BCUT2D eigenvalue weighted by Crippen LogP contribution is -2.40. The van der Waals surface area contributed by atoms with E-state index >= 15 is 0 Å². The number of nitrogens with two attached hydrogens (primary N) is 1. The van der Waals surface area contributed by atoms with E-state index in [4.69, 9.17) is 5.73 Å². The van der Waals surface area contributed by atoms with Crippen molar-refractivity contribution in [3.63, 3.8) is 0 Å². The molecule has 4 heteroatoms. The van der Waals surface area contributed by atoms with Crippen LogP contribution in [0.5, 0.6) is 0 Å². The van der Waals surface area contributed by atoms with Gasteiger partial charge in [-0.2, -0.15) is 0 Å². The van der Waals surface area contributed by atoms with Gasteiger partial charge in [-0.1, -0.05) is 19.3 Å². The van der Waals surface area contributed by atoms with Crippen molar-refractivity contribution in [1.82, 2.24) is 9.97 Å². The summed E-state index contributed by atoms with van der Waals surface area (Å²) < 4.78 is 0. The number of piperidine rings is 1. The van der Waals surface area contributed by atoms with E-state index in [2.05, 4.69) is 14.9 Å². The predicted molar refractivity (Wildman–Crippen MR) is 77.3 cm³/mol. The van der Waals surface area contributed by atoms with Gasteiger partial charge in [0.1, 0.15) is 6.33 Å². The fourth-order valence-electron chi connectivity index (χ4n) is 3.41. The molecule has 0 amide bonds. The summed E-state index contributed by atoms with van der Waals surface area (Å²) in [5.41, 5.74) is 8.55. The maximum absolute atomic E-state index is 6.00. The highest BCUT2D eigenvalue weighted by molar-refractivity contribution is 5.50. The third kappa shape index (κ3) is 2.89. The molecular formula is C15H24N4. The first-order valence-corrected chi connectivity index (χ1v) is 7.65. The van der Waals surface area contributed by atoms with Crippen molar-refractivity contribution in [3.8, 4) is 0 Å². The van der Waals surface area contributed by atoms with Crippen LogP contribution < -0.4 is 10.6 Å². The maximum Gasteiger partial charge on any atom is 0.115 e. The van der Waals surface area contributed by atoms with E-state index in [-0.39, 0.29) is 0 Å². The van der Waals surface area contributed by atoms with Gasteiger partial charge in [-0.25, -0.2) is 9.97 Å². The van der Waals surface area contributed by atoms with E-state index in [9.17, 15) is 0 Å². The Kier molecular flexibility index (Phi) is 3.97. The zero-order chi connectivity index (χ0) is 13.1. The fraction of sp³-hybridized carbons (Fsp3) is 0.733. The number of hydrogen-bond acceptors (Lipinski definition) is 4. The van der Waals surface area contributed by atoms with Crippen molar-refractivity contribution >= 4 is 5.69 Å². The lowest BCUT2D eigenvalue weighted by Gasteiger charge is -2.34. The molecule has 2 heterocycles. The molecule has 2 aliphatic rings. The third-order valence-electron chi connectivity index (χ3n) is 4.59. The van der Waals surface area contributed by atoms with Gasteiger partial charge in [0.25, 0.3) is 0 Å². The predicted octanol–water partition coefficient (Wildman–Crippen LogP) is 2.45. The molecule has 1 aliphatic heterocycles. The zero-order valence-corrected chi connectivity index (χ0v) is 11.6. The molecule has 0 aromatic carbocycles. The van der Waals surface area contributed by atoms with Gasteiger partial charge in [0.15, 0.2) is 0 Å². The Morgan fingerprint density at radius 1 is 1.05 bits per heavy atom. The SMILES string of the molecule is NC1CCN(c2cncnc2C2CCCCC2)CC1. The maximum atomic E-state index is 6.00. The lowest BCUT2D eigenvalue weighted by molar-refractivity contribution is 0.433. The van der Waals surface area contributed by atoms with Crippen LogP contribution in [0.25, 0.3) is 0 Å². The van der Waals surface area contributed by atoms with E-state index in [0.717, 1.165) is 25.9 Å². The van der Waals surface area contributed by atoms with Gasteiger partial charge in [-0.3, -0.25) is 0 Å². The van der Waals surface area contributed by atoms with Gasteiger partial charge in [-0.05, 0) is 25.7 Å². The molecule has 0 radical (unpaired) electrons. The summed E-state index contributed by atoms with van der Waals surface area (Å²) in [6.45, 7) is 2.10. The number of rotatable bonds is 2. The average molecular weight is 260 g/mol. The molecule has 0 spiro atoms. The van der Waals surface area contributed by atoms with Gasteiger partial charge in [0, 0.05) is 25.0 Å². The average Bonchev–Trinajstić information content (AvgIpc) is 2.49. The molecule has 19 heavy (non-hydrogen) atoms. The first-order valence-electron chi connectivity index (χ1n) is 7.65. The van der Waals surface area contributed by atoms with Gasteiger partial charge < -0.3 is 10.6 Å². The van der Waals surface area contributed by atoms with E-state index in [1.54, 1.807) is 6.33 Å². The summed E-state index contributed by atoms with van der Waals surface area (Å²) in [6.07, 6.45) is 12.5. The minimum Gasteiger partial charge on any atom is -0.369 e. The van der Waals surface area contributed by atoms with Crippen molar-refractivity contribution in [2.24, 2.45) is 5.73 Å². The van der Waals surface area contributed by atoms with Crippen LogP contribution in [-0.4, -0.2) is 29.1 Å². The first kappa shape index (κ1) is 12.9. The molecule has 1 saturated heterocycles. The van der Waals surface area contributed by atoms with Crippen LogP contribution in [0.3, 0.4) is 0 Å². The molecule has 0 bridgehead atoms. The Balaban J connectivity index is 1.80. The number of nitrogens with zero attached hydrogens (tertiary/aromatic N) is 3. The third-order valence-corrected chi connectivity index (χ3v) is 4.59. The Labute approximate surface area is 115 Å². The quantitative estimate of drug-likeness (QED) is 0.887. The summed E-state index contributed by atoms with van der Waals surface area (Å²) in [7, 11) is 0. The number of hydrogen-bond donors (Lipinski definition) is 1. The van der Waals surface area contributed by atoms with Crippen molar-refractivity contribution in [3.05, 3.63) is 18.2 Å². The summed E-state index contributed by atoms with van der Waals surface area (Å²) in [6, 6.07) is 0.374. The lowest BCUT2D eigenvalue weighted by atomic mass is 9.86. The van der Waals surface area contributed by atoms with Crippen molar-refractivity contribution < 1.29 is 0 Å². The minimum atomic E-state index is 0.374. The van der Waals surface area contributed by atoms with Crippen LogP contribution in [0.4, 0.5) is 5.69 Å². The highest BCUT2D eigenvalue weighted by atomic mass is 15.2. The summed E-state index contributed by atoms with van der Waals surface area (Å²) >= 11 is 0. The van der Waals surface area contributed by atoms with Crippen LogP contribution in [-0.2, 0) is 0 Å². The largest absolute Gasteiger partial charge is 0.369 e. The van der Waals surface area contributed by atoms with Gasteiger partial charge in [0.2, 0.25) is 0 Å². The van der Waals surface area contributed by atoms with Crippen LogP contribution in [0.15, 0.2) is 12.5 Å². The van der Waals surface area contributed by atoms with Crippen LogP contribution in [0, 0.1) is 0 Å². The molecule has 1 aromatic rings. The first-order chi connectivity index (χ1) is 9.34. The van der Waals surface area contributed by atoms with Crippen molar-refractivity contribution in [2.45, 2.75) is 56.9 Å². The van der Waals surface area contributed by atoms with E-state index in [0.29, 0.717) is 12.0 Å². The monoisotopic (exact) mass is 260 g/mol. The Morgan fingerprint density at radius 3 is 2.53 bits per heavy atom. The molecule has 1 aliphatic carbocycles. The topological polar surface area (TPSA) is 55.0 Å². The molecule has 4 nitrogen and oxygen atoms in total. The van der Waals surface area contributed by atoms with E-state index in [1.165, 1.54) is 43.5 Å². The molecule has 0 unspecified atom stereocenters. The Morgan fingerprint density at radius 2 is 1.79 bits per heavy atom. The number of anilines is 1. The summed E-state index contributed by atoms with van der Waals surface area (Å²) in [4.78, 5) is 11.3. The standard InChI is InChI=1S/C15H24N4/c16-13-6-8-19(9-7-13)14-10-17-11-18-15(14)12-4-2-1-3-5-12/h10-13H,1-9,16H2. The Bertz CT molecular complexity index is 406. The van der Waals surface area contributed by atoms with E-state index < -0.39 is 0 Å². The van der Waals surface area contributed by atoms with E-state index in [1.807, 2.05) is 6.20 Å². The van der Waals surface area contributed by atoms with Gasteiger partial charge >= 0.3 is 0 Å². The highest BCUT2D eigenvalue weighted by Gasteiger charge is 2.24. The fourth-order valence-corrected chi connectivity index (χ4v) is 3.41. The molecule has 3 rings (SSSR count). The summed E-state index contributed by atoms with van der Waals surface area (Å²) in [5.74, 6) is 0.641. The van der Waals surface area contributed by atoms with Crippen LogP contribution >= 0.6 is 0 Å². The highest BCUT2D eigenvalue weighted by Crippen LogP contribution is 2.36.